The number of hydrogen-bond acceptors (Lipinski definition) is 5. The van der Waals surface area contributed by atoms with Crippen molar-refractivity contribution in [3.63, 3.8) is 0 Å². The van der Waals surface area contributed by atoms with E-state index in [2.05, 4.69) is 20.3 Å². The van der Waals surface area contributed by atoms with E-state index in [-0.39, 0.29) is 0 Å². The molecule has 22 heavy (non-hydrogen) atoms. The molecule has 2 heterocycles. The van der Waals surface area contributed by atoms with Crippen molar-refractivity contribution in [1.82, 2.24) is 15.0 Å². The monoisotopic (exact) mass is 312 g/mol. The number of halogens is 1. The zero-order chi connectivity index (χ0) is 15.4. The molecule has 110 valence electrons. The molecule has 5 nitrogen and oxygen atoms in total. The lowest BCUT2D eigenvalue weighted by molar-refractivity contribution is 0.417. The topological polar surface area (TPSA) is 59.9 Å². The Balaban J connectivity index is 1.96. The summed E-state index contributed by atoms with van der Waals surface area (Å²) in [4.78, 5) is 12.8. The van der Waals surface area contributed by atoms with Gasteiger partial charge in [0.2, 0.25) is 5.95 Å². The van der Waals surface area contributed by atoms with Crippen LogP contribution in [0, 0.1) is 0 Å². The Morgan fingerprint density at radius 2 is 1.95 bits per heavy atom. The quantitative estimate of drug-likeness (QED) is 0.790. The zero-order valence-corrected chi connectivity index (χ0v) is 12.6. The van der Waals surface area contributed by atoms with Crippen molar-refractivity contribution < 1.29 is 4.74 Å². The number of aromatic nitrogens is 3. The fourth-order valence-electron chi connectivity index (χ4n) is 2.00. The predicted octanol–water partition coefficient (Wildman–Crippen LogP) is 3.94. The van der Waals surface area contributed by atoms with Crippen molar-refractivity contribution >= 4 is 23.2 Å². The maximum atomic E-state index is 6.19. The van der Waals surface area contributed by atoms with Gasteiger partial charge >= 0.3 is 0 Å². The number of pyridine rings is 1. The van der Waals surface area contributed by atoms with Crippen molar-refractivity contribution in [1.29, 1.82) is 0 Å². The number of anilines is 2. The molecular formula is C16H13ClN4O. The summed E-state index contributed by atoms with van der Waals surface area (Å²) in [6.07, 6.45) is 4.97. The number of nitrogens with zero attached hydrogens (tertiary/aromatic N) is 3. The van der Waals surface area contributed by atoms with E-state index in [0.717, 1.165) is 11.3 Å². The molecule has 1 N–H and O–H groups in total. The fraction of sp³-hybridized carbons (Fsp3) is 0.0625. The minimum absolute atomic E-state index is 0.438. The molecule has 0 bridgehead atoms. The minimum Gasteiger partial charge on any atom is -0.495 e. The standard InChI is InChI=1S/C16H13ClN4O/c1-22-14-7-3-2-6-13(14)20-16-19-10-12(17)15(21-16)11-5-4-8-18-9-11/h2-10H,1H3,(H,19,20,21). The molecule has 0 amide bonds. The van der Waals surface area contributed by atoms with Gasteiger partial charge in [-0.15, -0.1) is 0 Å². The van der Waals surface area contributed by atoms with Gasteiger partial charge in [-0.05, 0) is 24.3 Å². The SMILES string of the molecule is COc1ccccc1Nc1ncc(Cl)c(-c2cccnc2)n1. The number of benzene rings is 1. The van der Waals surface area contributed by atoms with Gasteiger partial charge in [0.15, 0.2) is 0 Å². The largest absolute Gasteiger partial charge is 0.495 e. The van der Waals surface area contributed by atoms with E-state index in [0.29, 0.717) is 22.4 Å². The molecule has 6 heteroatoms. The Bertz CT molecular complexity index is 780. The van der Waals surface area contributed by atoms with Gasteiger partial charge in [-0.1, -0.05) is 23.7 Å². The second-order valence-corrected chi connectivity index (χ2v) is 4.86. The first-order chi connectivity index (χ1) is 10.8. The van der Waals surface area contributed by atoms with Gasteiger partial charge < -0.3 is 10.1 Å². The van der Waals surface area contributed by atoms with Crippen LogP contribution >= 0.6 is 11.6 Å². The molecule has 0 radical (unpaired) electrons. The molecule has 0 spiro atoms. The lowest BCUT2D eigenvalue weighted by Crippen LogP contribution is -2.00. The van der Waals surface area contributed by atoms with E-state index in [9.17, 15) is 0 Å². The third kappa shape index (κ3) is 2.99. The molecule has 0 fully saturated rings. The Labute approximate surface area is 133 Å². The first-order valence-electron chi connectivity index (χ1n) is 6.61. The molecule has 1 aromatic carbocycles. The van der Waals surface area contributed by atoms with Gasteiger partial charge in [0, 0.05) is 18.0 Å². The predicted molar refractivity (Wildman–Crippen MR) is 86.5 cm³/mol. The maximum absolute atomic E-state index is 6.19. The summed E-state index contributed by atoms with van der Waals surface area (Å²) in [7, 11) is 1.62. The van der Waals surface area contributed by atoms with E-state index < -0.39 is 0 Å². The van der Waals surface area contributed by atoms with Crippen LogP contribution in [0.1, 0.15) is 0 Å². The van der Waals surface area contributed by atoms with Crippen LogP contribution in [0.3, 0.4) is 0 Å². The highest BCUT2D eigenvalue weighted by Crippen LogP contribution is 2.29. The number of para-hydroxylation sites is 2. The highest BCUT2D eigenvalue weighted by Gasteiger charge is 2.10. The van der Waals surface area contributed by atoms with Gasteiger partial charge in [-0.2, -0.15) is 0 Å². The van der Waals surface area contributed by atoms with Crippen LogP contribution in [0.15, 0.2) is 55.0 Å². The first kappa shape index (κ1) is 14.3. The van der Waals surface area contributed by atoms with Crippen LogP contribution in [0.5, 0.6) is 5.75 Å². The van der Waals surface area contributed by atoms with Gasteiger partial charge in [-0.25, -0.2) is 9.97 Å². The summed E-state index contributed by atoms with van der Waals surface area (Å²) >= 11 is 6.19. The van der Waals surface area contributed by atoms with Crippen molar-refractivity contribution in [3.8, 4) is 17.0 Å². The molecule has 0 atom stereocenters. The highest BCUT2D eigenvalue weighted by molar-refractivity contribution is 6.32. The van der Waals surface area contributed by atoms with Crippen LogP contribution < -0.4 is 10.1 Å². The van der Waals surface area contributed by atoms with E-state index >= 15 is 0 Å². The molecule has 0 unspecified atom stereocenters. The normalized spacial score (nSPS) is 10.3. The minimum atomic E-state index is 0.438. The molecule has 0 aliphatic carbocycles. The number of ether oxygens (including phenoxy) is 1. The van der Waals surface area contributed by atoms with E-state index in [1.807, 2.05) is 36.4 Å². The first-order valence-corrected chi connectivity index (χ1v) is 6.98. The summed E-state index contributed by atoms with van der Waals surface area (Å²) in [5.74, 6) is 1.15. The second kappa shape index (κ2) is 6.41. The molecular weight excluding hydrogens is 300 g/mol. The van der Waals surface area contributed by atoms with Crippen molar-refractivity contribution in [2.75, 3.05) is 12.4 Å². The molecule has 3 aromatic rings. The zero-order valence-electron chi connectivity index (χ0n) is 11.8. The lowest BCUT2D eigenvalue weighted by atomic mass is 10.2. The Kier molecular flexibility index (Phi) is 4.16. The number of rotatable bonds is 4. The fourth-order valence-corrected chi connectivity index (χ4v) is 2.20. The number of nitrogens with one attached hydrogen (secondary N) is 1. The molecule has 0 aliphatic heterocycles. The number of methoxy groups -OCH3 is 1. The summed E-state index contributed by atoms with van der Waals surface area (Å²) in [6.45, 7) is 0. The number of hydrogen-bond donors (Lipinski definition) is 1. The molecule has 2 aromatic heterocycles. The summed E-state index contributed by atoms with van der Waals surface area (Å²) in [6, 6.07) is 11.3. The van der Waals surface area contributed by atoms with Gasteiger partial charge in [-0.3, -0.25) is 4.98 Å². The molecule has 0 saturated heterocycles. The van der Waals surface area contributed by atoms with Crippen LogP contribution in [0.2, 0.25) is 5.02 Å². The van der Waals surface area contributed by atoms with Crippen LogP contribution in [0.4, 0.5) is 11.6 Å². The van der Waals surface area contributed by atoms with Crippen molar-refractivity contribution in [2.24, 2.45) is 0 Å². The van der Waals surface area contributed by atoms with Crippen LogP contribution in [-0.4, -0.2) is 22.1 Å². The van der Waals surface area contributed by atoms with Gasteiger partial charge in [0.1, 0.15) is 5.75 Å². The van der Waals surface area contributed by atoms with E-state index in [1.165, 1.54) is 0 Å². The third-order valence-corrected chi connectivity index (χ3v) is 3.31. The summed E-state index contributed by atoms with van der Waals surface area (Å²) in [5, 5.41) is 3.61. The second-order valence-electron chi connectivity index (χ2n) is 4.46. The van der Waals surface area contributed by atoms with E-state index in [1.54, 1.807) is 25.7 Å². The van der Waals surface area contributed by atoms with Gasteiger partial charge in [0.05, 0.1) is 29.7 Å². The summed E-state index contributed by atoms with van der Waals surface area (Å²) in [5.41, 5.74) is 2.24. The molecule has 0 saturated carbocycles. The van der Waals surface area contributed by atoms with Crippen LogP contribution in [-0.2, 0) is 0 Å². The van der Waals surface area contributed by atoms with Crippen molar-refractivity contribution in [2.45, 2.75) is 0 Å². The van der Waals surface area contributed by atoms with Crippen molar-refractivity contribution in [3.05, 3.63) is 60.0 Å². The average molecular weight is 313 g/mol. The Morgan fingerprint density at radius 3 is 2.73 bits per heavy atom. The Hall–Kier alpha value is -2.66. The summed E-state index contributed by atoms with van der Waals surface area (Å²) < 4.78 is 5.30. The lowest BCUT2D eigenvalue weighted by Gasteiger charge is -2.11. The average Bonchev–Trinajstić information content (AvgIpc) is 2.58. The molecule has 3 rings (SSSR count). The maximum Gasteiger partial charge on any atom is 0.227 e. The highest BCUT2D eigenvalue weighted by atomic mass is 35.5. The Morgan fingerprint density at radius 1 is 1.09 bits per heavy atom. The van der Waals surface area contributed by atoms with Crippen LogP contribution in [0.25, 0.3) is 11.3 Å². The smallest absolute Gasteiger partial charge is 0.227 e. The van der Waals surface area contributed by atoms with Gasteiger partial charge in [0.25, 0.3) is 0 Å². The molecule has 0 aliphatic rings. The van der Waals surface area contributed by atoms with E-state index in [4.69, 9.17) is 16.3 Å². The third-order valence-electron chi connectivity index (χ3n) is 3.03.